The van der Waals surface area contributed by atoms with Gasteiger partial charge in [0.15, 0.2) is 6.29 Å². The van der Waals surface area contributed by atoms with Crippen LogP contribution in [0.2, 0.25) is 0 Å². The summed E-state index contributed by atoms with van der Waals surface area (Å²) in [7, 11) is 1.68. The Labute approximate surface area is 143 Å². The SMILES string of the molecule is CC.CCOC.O=CC(=O)c1cccc(OCc2ccccc2)n1. The van der Waals surface area contributed by atoms with Crippen molar-refractivity contribution in [2.45, 2.75) is 27.4 Å². The highest BCUT2D eigenvalue weighted by molar-refractivity contribution is 6.32. The summed E-state index contributed by atoms with van der Waals surface area (Å²) in [5.74, 6) is -0.327. The summed E-state index contributed by atoms with van der Waals surface area (Å²) < 4.78 is 9.99. The van der Waals surface area contributed by atoms with E-state index in [9.17, 15) is 9.59 Å². The fourth-order valence-electron chi connectivity index (χ4n) is 1.42. The third-order valence-corrected chi connectivity index (χ3v) is 2.60. The van der Waals surface area contributed by atoms with Gasteiger partial charge in [0.25, 0.3) is 0 Å². The molecule has 1 aromatic heterocycles. The number of aldehydes is 1. The van der Waals surface area contributed by atoms with Crippen molar-refractivity contribution in [2.75, 3.05) is 13.7 Å². The Kier molecular flexibility index (Phi) is 12.6. The minimum absolute atomic E-state index is 0.0931. The number of nitrogens with zero attached hydrogens (tertiary/aromatic N) is 1. The topological polar surface area (TPSA) is 65.5 Å². The lowest BCUT2D eigenvalue weighted by Crippen LogP contribution is -2.05. The molecule has 0 aliphatic heterocycles. The number of Topliss-reactive ketones (excluding diaryl/α,β-unsaturated/α-hetero) is 1. The number of aromatic nitrogens is 1. The predicted molar refractivity (Wildman–Crippen MR) is 94.3 cm³/mol. The maximum Gasteiger partial charge on any atom is 0.243 e. The van der Waals surface area contributed by atoms with E-state index in [-0.39, 0.29) is 12.0 Å². The number of rotatable bonds is 6. The van der Waals surface area contributed by atoms with E-state index in [0.717, 1.165) is 12.2 Å². The average molecular weight is 331 g/mol. The van der Waals surface area contributed by atoms with E-state index >= 15 is 0 Å². The van der Waals surface area contributed by atoms with Gasteiger partial charge in [-0.1, -0.05) is 50.2 Å². The Morgan fingerprint density at radius 3 is 2.25 bits per heavy atom. The predicted octanol–water partition coefficient (Wildman–Crippen LogP) is 3.72. The van der Waals surface area contributed by atoms with Crippen LogP contribution in [0.5, 0.6) is 5.88 Å². The highest BCUT2D eigenvalue weighted by Crippen LogP contribution is 2.10. The van der Waals surface area contributed by atoms with Gasteiger partial charge >= 0.3 is 0 Å². The second-order valence-corrected chi connectivity index (χ2v) is 4.19. The Bertz CT molecular complexity index is 583. The lowest BCUT2D eigenvalue weighted by Gasteiger charge is -2.05. The van der Waals surface area contributed by atoms with Crippen molar-refractivity contribution in [1.29, 1.82) is 0 Å². The molecule has 5 heteroatoms. The van der Waals surface area contributed by atoms with Gasteiger partial charge in [-0.15, -0.1) is 0 Å². The Morgan fingerprint density at radius 1 is 1.08 bits per heavy atom. The summed E-state index contributed by atoms with van der Waals surface area (Å²) in [5, 5.41) is 0. The van der Waals surface area contributed by atoms with Gasteiger partial charge in [0.1, 0.15) is 12.3 Å². The van der Waals surface area contributed by atoms with Crippen LogP contribution in [-0.4, -0.2) is 30.8 Å². The molecule has 2 rings (SSSR count). The van der Waals surface area contributed by atoms with Crippen LogP contribution in [-0.2, 0) is 16.1 Å². The first-order valence-electron chi connectivity index (χ1n) is 7.83. The van der Waals surface area contributed by atoms with Crippen molar-refractivity contribution >= 4 is 12.1 Å². The van der Waals surface area contributed by atoms with E-state index in [1.807, 2.05) is 51.1 Å². The van der Waals surface area contributed by atoms with Crippen molar-refractivity contribution in [3.8, 4) is 5.88 Å². The fourth-order valence-corrected chi connectivity index (χ4v) is 1.42. The van der Waals surface area contributed by atoms with Crippen LogP contribution in [0.15, 0.2) is 48.5 Å². The standard InChI is InChI=1S/C14H11NO3.C3H8O.C2H6/c16-9-13(17)12-7-4-8-14(15-12)18-10-11-5-2-1-3-6-11;1-3-4-2;1-2/h1-9H,10H2;3H2,1-2H3;1-2H3. The molecule has 0 saturated carbocycles. The van der Waals surface area contributed by atoms with Gasteiger partial charge in [-0.2, -0.15) is 0 Å². The third-order valence-electron chi connectivity index (χ3n) is 2.60. The zero-order valence-electron chi connectivity index (χ0n) is 14.7. The molecule has 0 fully saturated rings. The Morgan fingerprint density at radius 2 is 1.71 bits per heavy atom. The first-order chi connectivity index (χ1) is 11.7. The molecule has 0 saturated heterocycles. The minimum atomic E-state index is -0.653. The molecule has 0 spiro atoms. The van der Waals surface area contributed by atoms with Crippen LogP contribution in [0.25, 0.3) is 0 Å². The molecule has 0 amide bonds. The molecule has 0 radical (unpaired) electrons. The van der Waals surface area contributed by atoms with Gasteiger partial charge in [-0.25, -0.2) is 4.98 Å². The molecule has 0 aliphatic rings. The van der Waals surface area contributed by atoms with Gasteiger partial charge in [0.05, 0.1) is 0 Å². The monoisotopic (exact) mass is 331 g/mol. The number of hydrogen-bond donors (Lipinski definition) is 0. The van der Waals surface area contributed by atoms with Crippen molar-refractivity contribution in [2.24, 2.45) is 0 Å². The zero-order chi connectivity index (χ0) is 18.2. The molecule has 0 N–H and O–H groups in total. The molecule has 2 aromatic rings. The van der Waals surface area contributed by atoms with Crippen LogP contribution >= 0.6 is 0 Å². The number of hydrogen-bond acceptors (Lipinski definition) is 5. The van der Waals surface area contributed by atoms with Crippen LogP contribution in [0, 0.1) is 0 Å². The molecule has 0 unspecified atom stereocenters. The molecule has 5 nitrogen and oxygen atoms in total. The highest BCUT2D eigenvalue weighted by atomic mass is 16.5. The summed E-state index contributed by atoms with van der Waals surface area (Å²) in [6, 6.07) is 14.4. The van der Waals surface area contributed by atoms with E-state index in [1.165, 1.54) is 6.07 Å². The summed E-state index contributed by atoms with van der Waals surface area (Å²) in [4.78, 5) is 25.5. The number of methoxy groups -OCH3 is 1. The smallest absolute Gasteiger partial charge is 0.243 e. The number of benzene rings is 1. The van der Waals surface area contributed by atoms with Crippen molar-refractivity contribution in [1.82, 2.24) is 4.98 Å². The number of ether oxygens (including phenoxy) is 2. The average Bonchev–Trinajstić information content (AvgIpc) is 2.68. The van der Waals surface area contributed by atoms with E-state index in [0.29, 0.717) is 12.5 Å². The third kappa shape index (κ3) is 8.80. The van der Waals surface area contributed by atoms with Gasteiger partial charge in [-0.3, -0.25) is 9.59 Å². The normalized spacial score (nSPS) is 8.83. The quantitative estimate of drug-likeness (QED) is 0.458. The van der Waals surface area contributed by atoms with Crippen LogP contribution in [0.1, 0.15) is 36.8 Å². The van der Waals surface area contributed by atoms with E-state index in [4.69, 9.17) is 4.74 Å². The number of ketones is 1. The van der Waals surface area contributed by atoms with Crippen molar-refractivity contribution in [3.05, 3.63) is 59.8 Å². The van der Waals surface area contributed by atoms with Gasteiger partial charge in [-0.05, 0) is 18.6 Å². The van der Waals surface area contributed by atoms with E-state index in [1.54, 1.807) is 19.2 Å². The van der Waals surface area contributed by atoms with Crippen molar-refractivity contribution < 1.29 is 19.1 Å². The number of carbonyl (C=O) groups is 2. The van der Waals surface area contributed by atoms with Crippen molar-refractivity contribution in [3.63, 3.8) is 0 Å². The molecule has 0 atom stereocenters. The summed E-state index contributed by atoms with van der Waals surface area (Å²) in [6.07, 6.45) is 0.239. The second kappa shape index (κ2) is 14.1. The Hall–Kier alpha value is -2.53. The van der Waals surface area contributed by atoms with Gasteiger partial charge in [0.2, 0.25) is 11.7 Å². The summed E-state index contributed by atoms with van der Waals surface area (Å²) >= 11 is 0. The molecular formula is C19H25NO4. The molecule has 1 heterocycles. The summed E-state index contributed by atoms with van der Waals surface area (Å²) in [6.45, 7) is 7.15. The molecule has 1 aromatic carbocycles. The lowest BCUT2D eigenvalue weighted by atomic mass is 10.2. The first kappa shape index (κ1) is 21.5. The number of pyridine rings is 1. The fraction of sp³-hybridized carbons (Fsp3) is 0.316. The van der Waals surface area contributed by atoms with Gasteiger partial charge in [0, 0.05) is 19.8 Å². The Balaban J connectivity index is 0.000000773. The maximum absolute atomic E-state index is 11.2. The van der Waals surface area contributed by atoms with E-state index in [2.05, 4.69) is 9.72 Å². The molecule has 0 bridgehead atoms. The second-order valence-electron chi connectivity index (χ2n) is 4.19. The zero-order valence-corrected chi connectivity index (χ0v) is 14.7. The molecule has 130 valence electrons. The maximum atomic E-state index is 11.2. The highest BCUT2D eigenvalue weighted by Gasteiger charge is 2.06. The van der Waals surface area contributed by atoms with Crippen LogP contribution in [0.4, 0.5) is 0 Å². The summed E-state index contributed by atoms with van der Waals surface area (Å²) in [5.41, 5.74) is 1.10. The van der Waals surface area contributed by atoms with Crippen LogP contribution < -0.4 is 4.74 Å². The number of carbonyl (C=O) groups excluding carboxylic acids is 2. The lowest BCUT2D eigenvalue weighted by molar-refractivity contribution is -0.104. The van der Waals surface area contributed by atoms with Crippen LogP contribution in [0.3, 0.4) is 0 Å². The minimum Gasteiger partial charge on any atom is -0.473 e. The molecule has 0 aliphatic carbocycles. The van der Waals surface area contributed by atoms with Gasteiger partial charge < -0.3 is 9.47 Å². The molecule has 24 heavy (non-hydrogen) atoms. The first-order valence-corrected chi connectivity index (χ1v) is 7.83. The van der Waals surface area contributed by atoms with E-state index < -0.39 is 5.78 Å². The largest absolute Gasteiger partial charge is 0.473 e. The molecular weight excluding hydrogens is 306 g/mol.